The maximum Gasteiger partial charge on any atom is 0.00793 e. The zero-order valence-corrected chi connectivity index (χ0v) is 9.13. The van der Waals surface area contributed by atoms with E-state index in [0.717, 1.165) is 5.92 Å². The SMILES string of the molecule is CCCN(C)CC1CCCCC1N. The van der Waals surface area contributed by atoms with Gasteiger partial charge in [0.05, 0.1) is 0 Å². The van der Waals surface area contributed by atoms with Gasteiger partial charge in [0.2, 0.25) is 0 Å². The molecule has 0 amide bonds. The lowest BCUT2D eigenvalue weighted by Gasteiger charge is -2.31. The Morgan fingerprint density at radius 1 is 1.31 bits per heavy atom. The number of nitrogens with zero attached hydrogens (tertiary/aromatic N) is 1. The van der Waals surface area contributed by atoms with Gasteiger partial charge in [-0.1, -0.05) is 19.8 Å². The van der Waals surface area contributed by atoms with Gasteiger partial charge in [0.25, 0.3) is 0 Å². The molecular formula is C11H24N2. The van der Waals surface area contributed by atoms with E-state index in [2.05, 4.69) is 18.9 Å². The Hall–Kier alpha value is -0.0800. The average molecular weight is 184 g/mol. The molecule has 0 spiro atoms. The second-order valence-corrected chi connectivity index (χ2v) is 4.47. The molecule has 1 rings (SSSR count). The number of hydrogen-bond donors (Lipinski definition) is 1. The molecular weight excluding hydrogens is 160 g/mol. The van der Waals surface area contributed by atoms with Crippen molar-refractivity contribution in [3.05, 3.63) is 0 Å². The fourth-order valence-electron chi connectivity index (χ4n) is 2.34. The Morgan fingerprint density at radius 3 is 2.62 bits per heavy atom. The lowest BCUT2D eigenvalue weighted by atomic mass is 9.85. The van der Waals surface area contributed by atoms with E-state index in [-0.39, 0.29) is 0 Å². The molecule has 2 heteroatoms. The van der Waals surface area contributed by atoms with Crippen molar-refractivity contribution in [1.29, 1.82) is 0 Å². The largest absolute Gasteiger partial charge is 0.327 e. The first-order valence-electron chi connectivity index (χ1n) is 5.68. The van der Waals surface area contributed by atoms with E-state index in [4.69, 9.17) is 5.73 Å². The first kappa shape index (κ1) is 11.0. The van der Waals surface area contributed by atoms with E-state index in [0.29, 0.717) is 6.04 Å². The Morgan fingerprint density at radius 2 is 2.00 bits per heavy atom. The van der Waals surface area contributed by atoms with Crippen molar-refractivity contribution in [2.75, 3.05) is 20.1 Å². The highest BCUT2D eigenvalue weighted by atomic mass is 15.1. The summed E-state index contributed by atoms with van der Waals surface area (Å²) in [5.41, 5.74) is 6.10. The molecule has 0 bridgehead atoms. The Kier molecular flexibility index (Phi) is 4.74. The predicted molar refractivity (Wildman–Crippen MR) is 57.7 cm³/mol. The minimum atomic E-state index is 0.466. The molecule has 0 aromatic heterocycles. The Labute approximate surface area is 82.5 Å². The standard InChI is InChI=1S/C11H24N2/c1-3-8-13(2)9-10-6-4-5-7-11(10)12/h10-11H,3-9,12H2,1-2H3. The van der Waals surface area contributed by atoms with Crippen LogP contribution < -0.4 is 5.73 Å². The lowest BCUT2D eigenvalue weighted by molar-refractivity contribution is 0.211. The molecule has 1 saturated carbocycles. The first-order chi connectivity index (χ1) is 6.24. The predicted octanol–water partition coefficient (Wildman–Crippen LogP) is 1.85. The topological polar surface area (TPSA) is 29.3 Å². The summed E-state index contributed by atoms with van der Waals surface area (Å²) in [5, 5.41) is 0. The Bertz CT molecular complexity index is 136. The fourth-order valence-corrected chi connectivity index (χ4v) is 2.34. The normalized spacial score (nSPS) is 29.5. The van der Waals surface area contributed by atoms with Crippen molar-refractivity contribution in [1.82, 2.24) is 4.90 Å². The second-order valence-electron chi connectivity index (χ2n) is 4.47. The van der Waals surface area contributed by atoms with Gasteiger partial charge in [-0.2, -0.15) is 0 Å². The monoisotopic (exact) mass is 184 g/mol. The minimum Gasteiger partial charge on any atom is -0.327 e. The molecule has 0 aromatic carbocycles. The summed E-state index contributed by atoms with van der Waals surface area (Å²) in [6, 6.07) is 0.466. The van der Waals surface area contributed by atoms with Crippen molar-refractivity contribution in [3.8, 4) is 0 Å². The molecule has 0 saturated heterocycles. The van der Waals surface area contributed by atoms with Gasteiger partial charge >= 0.3 is 0 Å². The van der Waals surface area contributed by atoms with Gasteiger partial charge in [-0.15, -0.1) is 0 Å². The molecule has 2 unspecified atom stereocenters. The van der Waals surface area contributed by atoms with Crippen LogP contribution in [-0.4, -0.2) is 31.1 Å². The molecule has 0 aliphatic heterocycles. The molecule has 0 heterocycles. The van der Waals surface area contributed by atoms with Gasteiger partial charge in [-0.3, -0.25) is 0 Å². The summed E-state index contributed by atoms with van der Waals surface area (Å²) in [4.78, 5) is 2.43. The molecule has 13 heavy (non-hydrogen) atoms. The molecule has 1 fully saturated rings. The van der Waals surface area contributed by atoms with E-state index in [1.54, 1.807) is 0 Å². The summed E-state index contributed by atoms with van der Waals surface area (Å²) in [6.07, 6.45) is 6.56. The lowest BCUT2D eigenvalue weighted by Crippen LogP contribution is -2.40. The van der Waals surface area contributed by atoms with Crippen LogP contribution in [-0.2, 0) is 0 Å². The minimum absolute atomic E-state index is 0.466. The van der Waals surface area contributed by atoms with Gasteiger partial charge in [0.15, 0.2) is 0 Å². The molecule has 2 atom stereocenters. The number of hydrogen-bond acceptors (Lipinski definition) is 2. The van der Waals surface area contributed by atoms with Gasteiger partial charge in [0, 0.05) is 12.6 Å². The highest BCUT2D eigenvalue weighted by Gasteiger charge is 2.22. The van der Waals surface area contributed by atoms with Crippen molar-refractivity contribution >= 4 is 0 Å². The van der Waals surface area contributed by atoms with Crippen molar-refractivity contribution in [3.63, 3.8) is 0 Å². The second kappa shape index (κ2) is 5.61. The van der Waals surface area contributed by atoms with E-state index in [9.17, 15) is 0 Å². The van der Waals surface area contributed by atoms with Crippen molar-refractivity contribution < 1.29 is 0 Å². The van der Waals surface area contributed by atoms with Gasteiger partial charge in [-0.25, -0.2) is 0 Å². The van der Waals surface area contributed by atoms with E-state index in [1.165, 1.54) is 45.2 Å². The zero-order chi connectivity index (χ0) is 9.68. The van der Waals surface area contributed by atoms with Crippen LogP contribution in [0.15, 0.2) is 0 Å². The molecule has 2 nitrogen and oxygen atoms in total. The van der Waals surface area contributed by atoms with Crippen LogP contribution >= 0.6 is 0 Å². The van der Waals surface area contributed by atoms with E-state index < -0.39 is 0 Å². The third-order valence-electron chi connectivity index (χ3n) is 3.12. The highest BCUT2D eigenvalue weighted by molar-refractivity contribution is 4.79. The smallest absolute Gasteiger partial charge is 0.00793 e. The first-order valence-corrected chi connectivity index (χ1v) is 5.68. The van der Waals surface area contributed by atoms with Crippen LogP contribution in [0.1, 0.15) is 39.0 Å². The summed E-state index contributed by atoms with van der Waals surface area (Å²) >= 11 is 0. The summed E-state index contributed by atoms with van der Waals surface area (Å²) < 4.78 is 0. The van der Waals surface area contributed by atoms with Gasteiger partial charge in [0.1, 0.15) is 0 Å². The van der Waals surface area contributed by atoms with Crippen LogP contribution in [0.5, 0.6) is 0 Å². The average Bonchev–Trinajstić information content (AvgIpc) is 2.09. The number of nitrogens with two attached hydrogens (primary N) is 1. The Balaban J connectivity index is 2.25. The molecule has 78 valence electrons. The molecule has 0 radical (unpaired) electrons. The number of rotatable bonds is 4. The zero-order valence-electron chi connectivity index (χ0n) is 9.13. The van der Waals surface area contributed by atoms with Crippen LogP contribution in [0.2, 0.25) is 0 Å². The van der Waals surface area contributed by atoms with E-state index >= 15 is 0 Å². The van der Waals surface area contributed by atoms with Gasteiger partial charge in [-0.05, 0) is 38.8 Å². The summed E-state index contributed by atoms with van der Waals surface area (Å²) in [5.74, 6) is 0.755. The van der Waals surface area contributed by atoms with Crippen molar-refractivity contribution in [2.24, 2.45) is 11.7 Å². The highest BCUT2D eigenvalue weighted by Crippen LogP contribution is 2.23. The molecule has 0 aromatic rings. The quantitative estimate of drug-likeness (QED) is 0.722. The van der Waals surface area contributed by atoms with Crippen LogP contribution in [0.3, 0.4) is 0 Å². The van der Waals surface area contributed by atoms with Crippen molar-refractivity contribution in [2.45, 2.75) is 45.1 Å². The molecule has 1 aliphatic rings. The van der Waals surface area contributed by atoms with E-state index in [1.807, 2.05) is 0 Å². The third-order valence-corrected chi connectivity index (χ3v) is 3.12. The fraction of sp³-hybridized carbons (Fsp3) is 1.00. The summed E-state index contributed by atoms with van der Waals surface area (Å²) in [6.45, 7) is 4.65. The maximum atomic E-state index is 6.10. The van der Waals surface area contributed by atoms with Crippen LogP contribution in [0, 0.1) is 5.92 Å². The third kappa shape index (κ3) is 3.65. The molecule has 1 aliphatic carbocycles. The van der Waals surface area contributed by atoms with Crippen LogP contribution in [0.4, 0.5) is 0 Å². The van der Waals surface area contributed by atoms with Crippen LogP contribution in [0.25, 0.3) is 0 Å². The summed E-state index contributed by atoms with van der Waals surface area (Å²) in [7, 11) is 2.21. The van der Waals surface area contributed by atoms with Gasteiger partial charge < -0.3 is 10.6 Å². The molecule has 2 N–H and O–H groups in total. The maximum absolute atomic E-state index is 6.10.